The summed E-state index contributed by atoms with van der Waals surface area (Å²) in [4.78, 5) is 12.8. The van der Waals surface area contributed by atoms with Crippen LogP contribution in [0.5, 0.6) is 0 Å². The minimum absolute atomic E-state index is 0.376. The average molecular weight is 313 g/mol. The number of nitrogens with two attached hydrogens (primary N) is 1. The molecule has 1 fully saturated rings. The van der Waals surface area contributed by atoms with Crippen LogP contribution in [-0.4, -0.2) is 26.0 Å². The summed E-state index contributed by atoms with van der Waals surface area (Å²) >= 11 is 1.58. The van der Waals surface area contributed by atoms with Crippen molar-refractivity contribution in [2.75, 3.05) is 12.3 Å². The molecule has 0 radical (unpaired) electrons. The molecule has 4 rings (SSSR count). The van der Waals surface area contributed by atoms with E-state index < -0.39 is 0 Å². The van der Waals surface area contributed by atoms with Gasteiger partial charge in [0.15, 0.2) is 5.13 Å². The fourth-order valence-corrected chi connectivity index (χ4v) is 4.08. The number of aryl methyl sites for hydroxylation is 1. The second-order valence-electron chi connectivity index (χ2n) is 5.81. The van der Waals surface area contributed by atoms with E-state index in [1.807, 2.05) is 12.3 Å². The number of hydrogen-bond donors (Lipinski definition) is 1. The van der Waals surface area contributed by atoms with Crippen molar-refractivity contribution in [2.45, 2.75) is 25.4 Å². The Morgan fingerprint density at radius 2 is 2.23 bits per heavy atom. The molecule has 0 bridgehead atoms. The molecule has 1 atom stereocenters. The highest BCUT2D eigenvalue weighted by Crippen LogP contribution is 2.34. The lowest BCUT2D eigenvalue weighted by Gasteiger charge is -2.23. The number of thiazole rings is 1. The molecule has 2 N–H and O–H groups in total. The van der Waals surface area contributed by atoms with E-state index in [4.69, 9.17) is 10.7 Å². The van der Waals surface area contributed by atoms with Crippen LogP contribution in [0.25, 0.3) is 11.0 Å². The van der Waals surface area contributed by atoms with E-state index in [0.717, 1.165) is 30.9 Å². The third kappa shape index (κ3) is 2.28. The van der Waals surface area contributed by atoms with E-state index in [1.54, 1.807) is 11.3 Å². The van der Waals surface area contributed by atoms with Gasteiger partial charge in [0, 0.05) is 24.7 Å². The topological polar surface area (TPSA) is 60.0 Å². The van der Waals surface area contributed by atoms with Crippen molar-refractivity contribution in [1.82, 2.24) is 19.4 Å². The Balaban J connectivity index is 1.66. The van der Waals surface area contributed by atoms with Gasteiger partial charge in [-0.15, -0.1) is 11.3 Å². The van der Waals surface area contributed by atoms with Gasteiger partial charge in [-0.25, -0.2) is 9.97 Å². The molecule has 1 aromatic carbocycles. The maximum atomic E-state index is 5.75. The first-order valence-corrected chi connectivity index (χ1v) is 8.39. The molecular weight excluding hydrogens is 294 g/mol. The highest BCUT2D eigenvalue weighted by Gasteiger charge is 2.30. The van der Waals surface area contributed by atoms with Crippen LogP contribution in [0.1, 0.15) is 29.6 Å². The molecule has 1 aliphatic rings. The maximum Gasteiger partial charge on any atom is 0.180 e. The van der Waals surface area contributed by atoms with Gasteiger partial charge in [0.05, 0.1) is 17.1 Å². The Morgan fingerprint density at radius 3 is 3.00 bits per heavy atom. The fraction of sp³-hybridized carbons (Fsp3) is 0.375. The molecule has 0 amide bonds. The van der Waals surface area contributed by atoms with Crippen molar-refractivity contribution in [2.24, 2.45) is 7.05 Å². The molecule has 1 aliphatic heterocycles. The number of likely N-dealkylation sites (tertiary alicyclic amines) is 1. The summed E-state index contributed by atoms with van der Waals surface area (Å²) in [6, 6.07) is 8.71. The van der Waals surface area contributed by atoms with Crippen molar-refractivity contribution in [3.63, 3.8) is 0 Å². The Labute approximate surface area is 133 Å². The van der Waals surface area contributed by atoms with Crippen LogP contribution in [0.15, 0.2) is 30.5 Å². The first-order chi connectivity index (χ1) is 10.7. The molecule has 1 saturated heterocycles. The number of nitrogens with zero attached hydrogens (tertiary/aromatic N) is 4. The number of nitrogen functional groups attached to an aromatic ring is 1. The van der Waals surface area contributed by atoms with Gasteiger partial charge in [0.25, 0.3) is 0 Å². The monoisotopic (exact) mass is 313 g/mol. The van der Waals surface area contributed by atoms with Crippen LogP contribution in [0.4, 0.5) is 5.13 Å². The van der Waals surface area contributed by atoms with Gasteiger partial charge in [0.2, 0.25) is 0 Å². The summed E-state index contributed by atoms with van der Waals surface area (Å²) in [6.07, 6.45) is 4.26. The Kier molecular flexibility index (Phi) is 3.35. The van der Waals surface area contributed by atoms with Crippen LogP contribution in [-0.2, 0) is 13.6 Å². The molecule has 22 heavy (non-hydrogen) atoms. The summed E-state index contributed by atoms with van der Waals surface area (Å²) in [5.41, 5.74) is 8.02. The van der Waals surface area contributed by atoms with E-state index in [1.165, 1.54) is 16.8 Å². The first kappa shape index (κ1) is 13.7. The number of aromatic nitrogens is 3. The number of rotatable bonds is 3. The maximum absolute atomic E-state index is 5.75. The SMILES string of the molecule is Cn1c(C2CCCN2Cc2cnc(N)s2)nc2ccccc21. The van der Waals surface area contributed by atoms with Gasteiger partial charge in [0.1, 0.15) is 5.82 Å². The quantitative estimate of drug-likeness (QED) is 0.807. The van der Waals surface area contributed by atoms with Crippen LogP contribution >= 0.6 is 11.3 Å². The zero-order valence-corrected chi connectivity index (χ0v) is 13.4. The standard InChI is InChI=1S/C16H19N5S/c1-20-13-6-3-2-5-12(13)19-15(20)14-7-4-8-21(14)10-11-9-18-16(17)22-11/h2-3,5-6,9,14H,4,7-8,10H2,1H3,(H2,17,18). The molecule has 2 aromatic heterocycles. The number of fused-ring (bicyclic) bond motifs is 1. The average Bonchev–Trinajstić information content (AvgIpc) is 3.21. The van der Waals surface area contributed by atoms with Crippen molar-refractivity contribution < 1.29 is 0 Å². The zero-order valence-electron chi connectivity index (χ0n) is 12.6. The molecular formula is C16H19N5S. The van der Waals surface area contributed by atoms with E-state index in [2.05, 4.69) is 39.7 Å². The van der Waals surface area contributed by atoms with Crippen molar-refractivity contribution in [3.05, 3.63) is 41.2 Å². The van der Waals surface area contributed by atoms with Crippen LogP contribution in [0, 0.1) is 0 Å². The number of imidazole rings is 1. The summed E-state index contributed by atoms with van der Waals surface area (Å²) in [5, 5.41) is 0.647. The summed E-state index contributed by atoms with van der Waals surface area (Å²) < 4.78 is 2.24. The molecule has 3 aromatic rings. The van der Waals surface area contributed by atoms with E-state index >= 15 is 0 Å². The summed E-state index contributed by atoms with van der Waals surface area (Å²) in [7, 11) is 2.12. The van der Waals surface area contributed by atoms with Crippen molar-refractivity contribution in [1.29, 1.82) is 0 Å². The van der Waals surface area contributed by atoms with Gasteiger partial charge < -0.3 is 10.3 Å². The predicted octanol–water partition coefficient (Wildman–Crippen LogP) is 2.95. The number of hydrogen-bond acceptors (Lipinski definition) is 5. The first-order valence-electron chi connectivity index (χ1n) is 7.58. The van der Waals surface area contributed by atoms with E-state index in [9.17, 15) is 0 Å². The number of para-hydroxylation sites is 2. The molecule has 1 unspecified atom stereocenters. The molecule has 0 saturated carbocycles. The van der Waals surface area contributed by atoms with Gasteiger partial charge in [-0.1, -0.05) is 12.1 Å². The van der Waals surface area contributed by atoms with Crippen molar-refractivity contribution in [3.8, 4) is 0 Å². The second-order valence-corrected chi connectivity index (χ2v) is 6.96. The van der Waals surface area contributed by atoms with Crippen LogP contribution in [0.2, 0.25) is 0 Å². The van der Waals surface area contributed by atoms with Gasteiger partial charge in [-0.3, -0.25) is 4.90 Å². The Bertz CT molecular complexity index is 806. The normalized spacial score (nSPS) is 19.2. The van der Waals surface area contributed by atoms with Gasteiger partial charge in [-0.05, 0) is 31.5 Å². The fourth-order valence-electron chi connectivity index (χ4n) is 3.37. The largest absolute Gasteiger partial charge is 0.375 e. The third-order valence-corrected chi connectivity index (χ3v) is 5.23. The minimum atomic E-state index is 0.376. The minimum Gasteiger partial charge on any atom is -0.375 e. The second kappa shape index (κ2) is 5.37. The molecule has 6 heteroatoms. The predicted molar refractivity (Wildman–Crippen MR) is 89.6 cm³/mol. The van der Waals surface area contributed by atoms with Crippen LogP contribution < -0.4 is 5.73 Å². The van der Waals surface area contributed by atoms with E-state index in [-0.39, 0.29) is 0 Å². The van der Waals surface area contributed by atoms with Gasteiger partial charge >= 0.3 is 0 Å². The summed E-state index contributed by atoms with van der Waals surface area (Å²) in [6.45, 7) is 2.01. The number of benzene rings is 1. The number of anilines is 1. The highest BCUT2D eigenvalue weighted by atomic mass is 32.1. The molecule has 0 aliphatic carbocycles. The molecule has 3 heterocycles. The van der Waals surface area contributed by atoms with Crippen LogP contribution in [0.3, 0.4) is 0 Å². The molecule has 0 spiro atoms. The lowest BCUT2D eigenvalue weighted by molar-refractivity contribution is 0.239. The highest BCUT2D eigenvalue weighted by molar-refractivity contribution is 7.15. The van der Waals surface area contributed by atoms with E-state index in [0.29, 0.717) is 11.2 Å². The molecule has 5 nitrogen and oxygen atoms in total. The summed E-state index contributed by atoms with van der Waals surface area (Å²) in [5.74, 6) is 1.16. The Hall–Kier alpha value is -1.92. The smallest absolute Gasteiger partial charge is 0.180 e. The van der Waals surface area contributed by atoms with Crippen molar-refractivity contribution >= 4 is 27.5 Å². The molecule has 114 valence electrons. The Morgan fingerprint density at radius 1 is 1.36 bits per heavy atom. The van der Waals surface area contributed by atoms with Gasteiger partial charge in [-0.2, -0.15) is 0 Å². The lowest BCUT2D eigenvalue weighted by Crippen LogP contribution is -2.24. The third-order valence-electron chi connectivity index (χ3n) is 4.41. The zero-order chi connectivity index (χ0) is 15.1. The lowest BCUT2D eigenvalue weighted by atomic mass is 10.2.